The summed E-state index contributed by atoms with van der Waals surface area (Å²) in [6.45, 7) is 3.07. The first-order valence-electron chi connectivity index (χ1n) is 8.33. The average molecular weight is 257 g/mol. The summed E-state index contributed by atoms with van der Waals surface area (Å²) in [5.74, 6) is 0. The minimum absolute atomic E-state index is 0.651. The molecule has 1 heteroatoms. The zero-order valence-electron chi connectivity index (χ0n) is 12.6. The van der Waals surface area contributed by atoms with Crippen LogP contribution in [0.25, 0.3) is 0 Å². The zero-order chi connectivity index (χ0) is 13.3. The molecule has 0 aromatic heterocycles. The van der Waals surface area contributed by atoms with Crippen molar-refractivity contribution >= 4 is 0 Å². The lowest BCUT2D eigenvalue weighted by Gasteiger charge is -2.02. The van der Waals surface area contributed by atoms with Gasteiger partial charge < -0.3 is 0 Å². The maximum Gasteiger partial charge on any atom is 0.131 e. The van der Waals surface area contributed by atoms with Crippen molar-refractivity contribution in [1.29, 1.82) is 0 Å². The van der Waals surface area contributed by atoms with Crippen molar-refractivity contribution < 1.29 is 4.39 Å². The molecule has 0 unspecified atom stereocenters. The third-order valence-electron chi connectivity index (χ3n) is 3.67. The summed E-state index contributed by atoms with van der Waals surface area (Å²) in [5, 5.41) is 0. The Morgan fingerprint density at radius 3 is 1.22 bits per heavy atom. The van der Waals surface area contributed by atoms with Crippen LogP contribution in [-0.4, -0.2) is 0 Å². The molecule has 0 N–H and O–H groups in total. The molecule has 0 aliphatic carbocycles. The smallest absolute Gasteiger partial charge is 0.131 e. The van der Waals surface area contributed by atoms with Gasteiger partial charge in [-0.1, -0.05) is 96.8 Å². The summed E-state index contributed by atoms with van der Waals surface area (Å²) < 4.78 is 11.7. The minimum Gasteiger partial charge on any atom is -0.244 e. The highest BCUT2D eigenvalue weighted by Gasteiger charge is 1.94. The standard InChI is InChI=1S/C17H34F/c1-2-3-4-5-6-7-8-9-10-11-12-13-14-15-16-17-18/h17H,2-16H2,1H3. The van der Waals surface area contributed by atoms with Crippen LogP contribution in [0.15, 0.2) is 0 Å². The second kappa shape index (κ2) is 16.9. The van der Waals surface area contributed by atoms with Crippen molar-refractivity contribution in [2.75, 3.05) is 0 Å². The molecule has 109 valence electrons. The summed E-state index contributed by atoms with van der Waals surface area (Å²) in [4.78, 5) is 0. The second-order valence-corrected chi connectivity index (χ2v) is 5.54. The molecule has 0 amide bonds. The quantitative estimate of drug-likeness (QED) is 0.277. The van der Waals surface area contributed by atoms with E-state index in [0.29, 0.717) is 6.42 Å². The lowest BCUT2D eigenvalue weighted by atomic mass is 10.0. The predicted molar refractivity (Wildman–Crippen MR) is 80.3 cm³/mol. The molecule has 0 bridgehead atoms. The van der Waals surface area contributed by atoms with Gasteiger partial charge in [0.15, 0.2) is 0 Å². The third-order valence-corrected chi connectivity index (χ3v) is 3.67. The van der Waals surface area contributed by atoms with Gasteiger partial charge in [-0.25, -0.2) is 4.39 Å². The van der Waals surface area contributed by atoms with Crippen molar-refractivity contribution in [1.82, 2.24) is 0 Å². The monoisotopic (exact) mass is 257 g/mol. The van der Waals surface area contributed by atoms with E-state index in [4.69, 9.17) is 0 Å². The minimum atomic E-state index is 0.651. The lowest BCUT2D eigenvalue weighted by molar-refractivity contribution is 0.517. The largest absolute Gasteiger partial charge is 0.244 e. The van der Waals surface area contributed by atoms with Crippen LogP contribution in [0.4, 0.5) is 4.39 Å². The highest BCUT2D eigenvalue weighted by Crippen LogP contribution is 2.13. The van der Waals surface area contributed by atoms with Gasteiger partial charge in [0.25, 0.3) is 0 Å². The highest BCUT2D eigenvalue weighted by molar-refractivity contribution is 4.51. The molecule has 18 heavy (non-hydrogen) atoms. The van der Waals surface area contributed by atoms with E-state index in [1.807, 2.05) is 0 Å². The Bertz CT molecular complexity index is 118. The van der Waals surface area contributed by atoms with Crippen molar-refractivity contribution in [3.8, 4) is 0 Å². The fourth-order valence-electron chi connectivity index (χ4n) is 2.42. The fraction of sp³-hybridized carbons (Fsp3) is 0.941. The van der Waals surface area contributed by atoms with Crippen molar-refractivity contribution in [2.24, 2.45) is 0 Å². The Morgan fingerprint density at radius 1 is 0.556 bits per heavy atom. The van der Waals surface area contributed by atoms with Crippen LogP contribution < -0.4 is 0 Å². The van der Waals surface area contributed by atoms with E-state index in [1.165, 1.54) is 83.5 Å². The maximum absolute atomic E-state index is 11.7. The van der Waals surface area contributed by atoms with E-state index in [9.17, 15) is 4.39 Å². The molecule has 0 saturated carbocycles. The van der Waals surface area contributed by atoms with E-state index >= 15 is 0 Å². The first-order chi connectivity index (χ1) is 8.91. The predicted octanol–water partition coefficient (Wildman–Crippen LogP) is 6.99. The van der Waals surface area contributed by atoms with Crippen molar-refractivity contribution in [3.05, 3.63) is 6.67 Å². The molecule has 0 spiro atoms. The molecule has 0 fully saturated rings. The molecule has 0 aromatic carbocycles. The molecule has 0 heterocycles. The molecule has 0 saturated heterocycles. The lowest BCUT2D eigenvalue weighted by Crippen LogP contribution is -1.83. The Hall–Kier alpha value is -0.0700. The number of rotatable bonds is 15. The zero-order valence-corrected chi connectivity index (χ0v) is 12.6. The van der Waals surface area contributed by atoms with Gasteiger partial charge in [-0.15, -0.1) is 0 Å². The summed E-state index contributed by atoms with van der Waals surface area (Å²) in [7, 11) is 0. The molecule has 1 radical (unpaired) electrons. The molecule has 0 aromatic rings. The van der Waals surface area contributed by atoms with E-state index in [1.54, 1.807) is 0 Å². The first-order valence-corrected chi connectivity index (χ1v) is 8.33. The van der Waals surface area contributed by atoms with Gasteiger partial charge in [0.1, 0.15) is 6.67 Å². The molecular formula is C17H34F. The molecule has 0 aliphatic heterocycles. The summed E-state index contributed by atoms with van der Waals surface area (Å²) in [6.07, 6.45) is 19.7. The van der Waals surface area contributed by atoms with E-state index in [-0.39, 0.29) is 0 Å². The van der Waals surface area contributed by atoms with Crippen LogP contribution in [-0.2, 0) is 0 Å². The normalized spacial score (nSPS) is 11.0. The van der Waals surface area contributed by atoms with Crippen molar-refractivity contribution in [2.45, 2.75) is 103 Å². The fourth-order valence-corrected chi connectivity index (χ4v) is 2.42. The van der Waals surface area contributed by atoms with Gasteiger partial charge in [-0.3, -0.25) is 0 Å². The van der Waals surface area contributed by atoms with Gasteiger partial charge in [0, 0.05) is 0 Å². The number of halogens is 1. The van der Waals surface area contributed by atoms with Crippen molar-refractivity contribution in [3.63, 3.8) is 0 Å². The molecular weight excluding hydrogens is 223 g/mol. The molecule has 0 nitrogen and oxygen atoms in total. The number of hydrogen-bond acceptors (Lipinski definition) is 0. The SMILES string of the molecule is CCCCCCCCCCCCCCCC[CH]F. The van der Waals surface area contributed by atoms with Crippen LogP contribution in [0.3, 0.4) is 0 Å². The molecule has 0 atom stereocenters. The highest BCUT2D eigenvalue weighted by atomic mass is 19.1. The van der Waals surface area contributed by atoms with Crippen LogP contribution in [0, 0.1) is 6.67 Å². The maximum atomic E-state index is 11.7. The van der Waals surface area contributed by atoms with Gasteiger partial charge in [0.2, 0.25) is 0 Å². The summed E-state index contributed by atoms with van der Waals surface area (Å²) in [6, 6.07) is 0. The van der Waals surface area contributed by atoms with E-state index in [0.717, 1.165) is 13.1 Å². The van der Waals surface area contributed by atoms with Gasteiger partial charge in [-0.2, -0.15) is 0 Å². The average Bonchev–Trinajstić information content (AvgIpc) is 2.39. The third kappa shape index (κ3) is 15.9. The van der Waals surface area contributed by atoms with Crippen LogP contribution in [0.1, 0.15) is 103 Å². The summed E-state index contributed by atoms with van der Waals surface area (Å²) in [5.41, 5.74) is 0. The van der Waals surface area contributed by atoms with Gasteiger partial charge >= 0.3 is 0 Å². The van der Waals surface area contributed by atoms with Crippen LogP contribution in [0.5, 0.6) is 0 Å². The van der Waals surface area contributed by atoms with Crippen LogP contribution in [0.2, 0.25) is 0 Å². The van der Waals surface area contributed by atoms with Crippen LogP contribution >= 0.6 is 0 Å². The summed E-state index contributed by atoms with van der Waals surface area (Å²) >= 11 is 0. The molecule has 0 aliphatic rings. The Kier molecular flexibility index (Phi) is 16.9. The van der Waals surface area contributed by atoms with Gasteiger partial charge in [-0.05, 0) is 6.42 Å². The topological polar surface area (TPSA) is 0 Å². The molecule has 0 rings (SSSR count). The van der Waals surface area contributed by atoms with E-state index < -0.39 is 0 Å². The Labute approximate surface area is 115 Å². The second-order valence-electron chi connectivity index (χ2n) is 5.54. The number of hydrogen-bond donors (Lipinski definition) is 0. The Balaban J connectivity index is 2.86. The van der Waals surface area contributed by atoms with Gasteiger partial charge in [0.05, 0.1) is 0 Å². The first kappa shape index (κ1) is 17.9. The van der Waals surface area contributed by atoms with E-state index in [2.05, 4.69) is 6.92 Å². The number of unbranched alkanes of at least 4 members (excludes halogenated alkanes) is 14. The Morgan fingerprint density at radius 2 is 0.889 bits per heavy atom.